The van der Waals surface area contributed by atoms with Gasteiger partial charge in [-0.15, -0.1) is 0 Å². The van der Waals surface area contributed by atoms with E-state index < -0.39 is 11.4 Å². The Morgan fingerprint density at radius 2 is 2.11 bits per heavy atom. The van der Waals surface area contributed by atoms with Crippen molar-refractivity contribution in [2.24, 2.45) is 5.41 Å². The number of ether oxygens (including phenoxy) is 2. The van der Waals surface area contributed by atoms with E-state index in [2.05, 4.69) is 0 Å². The summed E-state index contributed by atoms with van der Waals surface area (Å²) in [4.78, 5) is 24.5. The molecule has 0 aromatic heterocycles. The molecule has 0 amide bonds. The van der Waals surface area contributed by atoms with E-state index in [1.807, 2.05) is 12.1 Å². The van der Waals surface area contributed by atoms with Crippen LogP contribution in [0, 0.1) is 5.41 Å². The molecule has 0 bridgehead atoms. The lowest BCUT2D eigenvalue weighted by Crippen LogP contribution is -2.46. The molecule has 1 aromatic rings. The molecule has 0 saturated heterocycles. The number of carbonyl (C=O) groups excluding carboxylic acids is 2. The van der Waals surface area contributed by atoms with Crippen molar-refractivity contribution in [3.05, 3.63) is 29.3 Å². The highest BCUT2D eigenvalue weighted by Crippen LogP contribution is 2.45. The van der Waals surface area contributed by atoms with Crippen LogP contribution in [0.2, 0.25) is 0 Å². The maximum Gasteiger partial charge on any atom is 0.319 e. The van der Waals surface area contributed by atoms with E-state index in [0.717, 1.165) is 24.2 Å². The van der Waals surface area contributed by atoms with Crippen LogP contribution in [0.15, 0.2) is 18.2 Å². The zero-order valence-electron chi connectivity index (χ0n) is 10.9. The zero-order chi connectivity index (χ0) is 13.5. The molecule has 1 saturated carbocycles. The SMILES string of the molecule is COC(=O)C1(C(=O)c2ccc3c(c2)CCO3)CCC1. The van der Waals surface area contributed by atoms with E-state index in [9.17, 15) is 9.59 Å². The van der Waals surface area contributed by atoms with Crippen molar-refractivity contribution in [2.45, 2.75) is 25.7 Å². The zero-order valence-corrected chi connectivity index (χ0v) is 10.9. The number of hydrogen-bond donors (Lipinski definition) is 0. The van der Waals surface area contributed by atoms with Gasteiger partial charge in [-0.3, -0.25) is 9.59 Å². The van der Waals surface area contributed by atoms with Crippen molar-refractivity contribution < 1.29 is 19.1 Å². The molecule has 0 radical (unpaired) electrons. The Labute approximate surface area is 111 Å². The lowest BCUT2D eigenvalue weighted by atomic mass is 9.64. The monoisotopic (exact) mass is 260 g/mol. The molecule has 1 fully saturated rings. The van der Waals surface area contributed by atoms with Gasteiger partial charge in [0.15, 0.2) is 5.78 Å². The largest absolute Gasteiger partial charge is 0.493 e. The van der Waals surface area contributed by atoms with Gasteiger partial charge in [0.2, 0.25) is 0 Å². The summed E-state index contributed by atoms with van der Waals surface area (Å²) < 4.78 is 10.2. The maximum atomic E-state index is 12.6. The van der Waals surface area contributed by atoms with Gasteiger partial charge in [-0.2, -0.15) is 0 Å². The number of carbonyl (C=O) groups is 2. The first-order chi connectivity index (χ1) is 9.17. The molecule has 19 heavy (non-hydrogen) atoms. The van der Waals surface area contributed by atoms with Gasteiger partial charge in [-0.05, 0) is 36.6 Å². The molecular weight excluding hydrogens is 244 g/mol. The van der Waals surface area contributed by atoms with E-state index in [-0.39, 0.29) is 5.78 Å². The molecule has 1 heterocycles. The quantitative estimate of drug-likeness (QED) is 0.474. The van der Waals surface area contributed by atoms with Gasteiger partial charge in [0.05, 0.1) is 13.7 Å². The fourth-order valence-corrected chi connectivity index (χ4v) is 2.85. The minimum Gasteiger partial charge on any atom is -0.493 e. The van der Waals surface area contributed by atoms with Crippen LogP contribution in [0.1, 0.15) is 35.2 Å². The third-order valence-electron chi connectivity index (χ3n) is 4.17. The van der Waals surface area contributed by atoms with Gasteiger partial charge < -0.3 is 9.47 Å². The van der Waals surface area contributed by atoms with Crippen LogP contribution in [0.5, 0.6) is 5.75 Å². The van der Waals surface area contributed by atoms with Crippen LogP contribution < -0.4 is 4.74 Å². The van der Waals surface area contributed by atoms with Crippen molar-refractivity contribution in [1.82, 2.24) is 0 Å². The summed E-state index contributed by atoms with van der Waals surface area (Å²) in [5.41, 5.74) is 0.696. The van der Waals surface area contributed by atoms with E-state index in [4.69, 9.17) is 9.47 Å². The molecule has 1 aliphatic heterocycles. The molecule has 1 aliphatic carbocycles. The summed E-state index contributed by atoms with van der Waals surface area (Å²) in [5, 5.41) is 0. The van der Waals surface area contributed by atoms with Crippen molar-refractivity contribution in [3.63, 3.8) is 0 Å². The summed E-state index contributed by atoms with van der Waals surface area (Å²) >= 11 is 0. The van der Waals surface area contributed by atoms with E-state index in [1.54, 1.807) is 6.07 Å². The number of Topliss-reactive ketones (excluding diaryl/α,β-unsaturated/α-hetero) is 1. The lowest BCUT2D eigenvalue weighted by Gasteiger charge is -2.37. The molecule has 0 spiro atoms. The Hall–Kier alpha value is -1.84. The van der Waals surface area contributed by atoms with Crippen LogP contribution >= 0.6 is 0 Å². The predicted octanol–water partition coefficient (Wildman–Crippen LogP) is 2.15. The van der Waals surface area contributed by atoms with Gasteiger partial charge in [0, 0.05) is 12.0 Å². The van der Waals surface area contributed by atoms with Crippen LogP contribution in [-0.4, -0.2) is 25.5 Å². The normalized spacial score (nSPS) is 19.0. The highest BCUT2D eigenvalue weighted by Gasteiger charge is 2.51. The van der Waals surface area contributed by atoms with E-state index in [1.165, 1.54) is 7.11 Å². The van der Waals surface area contributed by atoms with Crippen LogP contribution in [-0.2, 0) is 16.0 Å². The summed E-state index contributed by atoms with van der Waals surface area (Å²) in [6.45, 7) is 0.662. The Morgan fingerprint density at radius 3 is 2.74 bits per heavy atom. The van der Waals surface area contributed by atoms with E-state index >= 15 is 0 Å². The summed E-state index contributed by atoms with van der Waals surface area (Å²) in [7, 11) is 1.34. The van der Waals surface area contributed by atoms with Crippen molar-refractivity contribution >= 4 is 11.8 Å². The molecule has 1 aromatic carbocycles. The first-order valence-electron chi connectivity index (χ1n) is 6.56. The molecule has 100 valence electrons. The van der Waals surface area contributed by atoms with Crippen LogP contribution in [0.3, 0.4) is 0 Å². The van der Waals surface area contributed by atoms with E-state index in [0.29, 0.717) is 25.0 Å². The maximum absolute atomic E-state index is 12.6. The first kappa shape index (κ1) is 12.2. The minimum absolute atomic E-state index is 0.111. The average molecular weight is 260 g/mol. The molecule has 0 unspecified atom stereocenters. The van der Waals surface area contributed by atoms with Gasteiger partial charge in [-0.25, -0.2) is 0 Å². The Balaban J connectivity index is 1.93. The number of rotatable bonds is 3. The third-order valence-corrected chi connectivity index (χ3v) is 4.17. The van der Waals surface area contributed by atoms with Crippen LogP contribution in [0.25, 0.3) is 0 Å². The fourth-order valence-electron chi connectivity index (χ4n) is 2.85. The predicted molar refractivity (Wildman–Crippen MR) is 68.3 cm³/mol. The molecule has 0 N–H and O–H groups in total. The van der Waals surface area contributed by atoms with Crippen molar-refractivity contribution in [3.8, 4) is 5.75 Å². The third kappa shape index (κ3) is 1.74. The summed E-state index contributed by atoms with van der Waals surface area (Å²) in [5.74, 6) is 0.332. The molecule has 3 rings (SSSR count). The number of ketones is 1. The van der Waals surface area contributed by atoms with Crippen molar-refractivity contribution in [2.75, 3.05) is 13.7 Å². The highest BCUT2D eigenvalue weighted by molar-refractivity contribution is 6.13. The van der Waals surface area contributed by atoms with Gasteiger partial charge in [-0.1, -0.05) is 6.42 Å². The molecule has 4 heteroatoms. The number of esters is 1. The smallest absolute Gasteiger partial charge is 0.319 e. The second-order valence-corrected chi connectivity index (χ2v) is 5.18. The topological polar surface area (TPSA) is 52.6 Å². The summed E-state index contributed by atoms with van der Waals surface area (Å²) in [6, 6.07) is 5.42. The van der Waals surface area contributed by atoms with Gasteiger partial charge >= 0.3 is 5.97 Å². The number of methoxy groups -OCH3 is 1. The number of hydrogen-bond acceptors (Lipinski definition) is 4. The molecule has 0 atom stereocenters. The Morgan fingerprint density at radius 1 is 1.32 bits per heavy atom. The molecular formula is C15H16O4. The molecule has 4 nitrogen and oxygen atoms in total. The molecule has 2 aliphatic rings. The number of benzene rings is 1. The first-order valence-corrected chi connectivity index (χ1v) is 6.56. The average Bonchev–Trinajstić information content (AvgIpc) is 2.84. The fraction of sp³-hybridized carbons (Fsp3) is 0.467. The van der Waals surface area contributed by atoms with Crippen molar-refractivity contribution in [1.29, 1.82) is 0 Å². The van der Waals surface area contributed by atoms with Crippen LogP contribution in [0.4, 0.5) is 0 Å². The second kappa shape index (κ2) is 4.37. The standard InChI is InChI=1S/C15H16O4/c1-18-14(17)15(6-2-7-15)13(16)11-3-4-12-10(9-11)5-8-19-12/h3-4,9H,2,5-8H2,1H3. The minimum atomic E-state index is -0.942. The second-order valence-electron chi connectivity index (χ2n) is 5.18. The Kier molecular flexibility index (Phi) is 2.81. The Bertz CT molecular complexity index is 543. The van der Waals surface area contributed by atoms with Gasteiger partial charge in [0.25, 0.3) is 0 Å². The van der Waals surface area contributed by atoms with Gasteiger partial charge in [0.1, 0.15) is 11.2 Å². The number of fused-ring (bicyclic) bond motifs is 1. The highest BCUT2D eigenvalue weighted by atomic mass is 16.5. The summed E-state index contributed by atoms with van der Waals surface area (Å²) in [6.07, 6.45) is 2.90. The lowest BCUT2D eigenvalue weighted by molar-refractivity contribution is -0.153.